The van der Waals surface area contributed by atoms with Gasteiger partial charge in [-0.3, -0.25) is 14.5 Å². The number of hydrogen-bond donors (Lipinski definition) is 0. The SMILES string of the molecule is COCCCN1C(=O)c2ccc(C(=O)OCCOc3ccccc3F)cc2C1=O. The number of ether oxygens (including phenoxy) is 3. The second-order valence-corrected chi connectivity index (χ2v) is 6.28. The molecule has 0 fully saturated rings. The molecule has 0 saturated carbocycles. The normalized spacial score (nSPS) is 12.8. The van der Waals surface area contributed by atoms with Crippen molar-refractivity contribution in [2.45, 2.75) is 6.42 Å². The first-order valence-corrected chi connectivity index (χ1v) is 9.06. The van der Waals surface area contributed by atoms with Gasteiger partial charge in [-0.1, -0.05) is 12.1 Å². The van der Waals surface area contributed by atoms with Crippen LogP contribution in [0.2, 0.25) is 0 Å². The first-order chi connectivity index (χ1) is 14.0. The van der Waals surface area contributed by atoms with Crippen molar-refractivity contribution in [1.82, 2.24) is 4.90 Å². The number of nitrogens with zero attached hydrogens (tertiary/aromatic N) is 1. The monoisotopic (exact) mass is 401 g/mol. The molecule has 1 aliphatic heterocycles. The van der Waals surface area contributed by atoms with Gasteiger partial charge in [-0.25, -0.2) is 9.18 Å². The number of rotatable bonds is 9. The number of amides is 2. The summed E-state index contributed by atoms with van der Waals surface area (Å²) in [7, 11) is 1.54. The maximum atomic E-state index is 13.5. The van der Waals surface area contributed by atoms with E-state index in [0.717, 1.165) is 4.90 Å². The molecule has 3 rings (SSSR count). The van der Waals surface area contributed by atoms with Crippen LogP contribution in [0.5, 0.6) is 5.75 Å². The summed E-state index contributed by atoms with van der Waals surface area (Å²) in [5.41, 5.74) is 0.575. The van der Waals surface area contributed by atoms with Gasteiger partial charge in [0.05, 0.1) is 16.7 Å². The van der Waals surface area contributed by atoms with Gasteiger partial charge >= 0.3 is 5.97 Å². The number of para-hydroxylation sites is 1. The fraction of sp³-hybridized carbons (Fsp3) is 0.286. The van der Waals surface area contributed by atoms with Gasteiger partial charge in [0.15, 0.2) is 11.6 Å². The van der Waals surface area contributed by atoms with Gasteiger partial charge in [-0.2, -0.15) is 0 Å². The van der Waals surface area contributed by atoms with E-state index < -0.39 is 17.7 Å². The van der Waals surface area contributed by atoms with Crippen LogP contribution in [0.4, 0.5) is 4.39 Å². The second-order valence-electron chi connectivity index (χ2n) is 6.28. The Balaban J connectivity index is 1.57. The summed E-state index contributed by atoms with van der Waals surface area (Å²) in [5, 5.41) is 0. The molecule has 2 aromatic rings. The molecule has 0 radical (unpaired) electrons. The Morgan fingerprint density at radius 1 is 1.00 bits per heavy atom. The number of imide groups is 1. The van der Waals surface area contributed by atoms with Crippen molar-refractivity contribution in [2.24, 2.45) is 0 Å². The Morgan fingerprint density at radius 3 is 2.52 bits per heavy atom. The summed E-state index contributed by atoms with van der Waals surface area (Å²) >= 11 is 0. The van der Waals surface area contributed by atoms with Gasteiger partial charge in [0, 0.05) is 20.3 Å². The maximum Gasteiger partial charge on any atom is 0.338 e. The summed E-state index contributed by atoms with van der Waals surface area (Å²) in [6, 6.07) is 10.1. The molecular weight excluding hydrogens is 381 g/mol. The Morgan fingerprint density at radius 2 is 1.76 bits per heavy atom. The highest BCUT2D eigenvalue weighted by molar-refractivity contribution is 6.21. The van der Waals surface area contributed by atoms with Gasteiger partial charge in [0.1, 0.15) is 13.2 Å². The van der Waals surface area contributed by atoms with E-state index in [1.165, 1.54) is 30.3 Å². The average molecular weight is 401 g/mol. The third-order valence-electron chi connectivity index (χ3n) is 4.35. The van der Waals surface area contributed by atoms with Crippen LogP contribution >= 0.6 is 0 Å². The zero-order chi connectivity index (χ0) is 20.8. The molecule has 0 aliphatic carbocycles. The molecule has 29 heavy (non-hydrogen) atoms. The Labute approximate surface area is 167 Å². The van der Waals surface area contributed by atoms with E-state index >= 15 is 0 Å². The highest BCUT2D eigenvalue weighted by atomic mass is 19.1. The van der Waals surface area contributed by atoms with Crippen molar-refractivity contribution in [3.63, 3.8) is 0 Å². The maximum absolute atomic E-state index is 13.5. The van der Waals surface area contributed by atoms with E-state index in [4.69, 9.17) is 14.2 Å². The lowest BCUT2D eigenvalue weighted by molar-refractivity contribution is 0.0448. The summed E-state index contributed by atoms with van der Waals surface area (Å²) < 4.78 is 28.7. The summed E-state index contributed by atoms with van der Waals surface area (Å²) in [5.74, 6) is -1.93. The molecule has 8 heteroatoms. The molecular formula is C21H20FNO6. The highest BCUT2D eigenvalue weighted by Crippen LogP contribution is 2.24. The van der Waals surface area contributed by atoms with E-state index in [0.29, 0.717) is 13.0 Å². The number of esters is 1. The molecule has 1 heterocycles. The van der Waals surface area contributed by atoms with Gasteiger partial charge < -0.3 is 14.2 Å². The molecule has 0 aromatic heterocycles. The molecule has 0 unspecified atom stereocenters. The zero-order valence-electron chi connectivity index (χ0n) is 15.9. The zero-order valence-corrected chi connectivity index (χ0v) is 15.9. The van der Waals surface area contributed by atoms with Crippen molar-refractivity contribution in [2.75, 3.05) is 33.5 Å². The number of fused-ring (bicyclic) bond motifs is 1. The molecule has 152 valence electrons. The van der Waals surface area contributed by atoms with Crippen molar-refractivity contribution in [1.29, 1.82) is 0 Å². The van der Waals surface area contributed by atoms with E-state index in [2.05, 4.69) is 0 Å². The first kappa shape index (κ1) is 20.5. The summed E-state index contributed by atoms with van der Waals surface area (Å²) in [6.45, 7) is 0.551. The number of halogens is 1. The second kappa shape index (κ2) is 9.29. The lowest BCUT2D eigenvalue weighted by Crippen LogP contribution is -2.31. The lowest BCUT2D eigenvalue weighted by Gasteiger charge is -2.12. The van der Waals surface area contributed by atoms with Crippen LogP contribution < -0.4 is 4.74 Å². The predicted octanol–water partition coefficient (Wildman–Crippen LogP) is 2.69. The topological polar surface area (TPSA) is 82.1 Å². The van der Waals surface area contributed by atoms with E-state index in [-0.39, 0.29) is 48.1 Å². The number of benzene rings is 2. The molecule has 0 atom stereocenters. The summed E-state index contributed by atoms with van der Waals surface area (Å²) in [6.07, 6.45) is 0.527. The number of methoxy groups -OCH3 is 1. The molecule has 1 aliphatic rings. The smallest absolute Gasteiger partial charge is 0.338 e. The number of hydrogen-bond acceptors (Lipinski definition) is 6. The van der Waals surface area contributed by atoms with Gasteiger partial charge in [-0.05, 0) is 36.8 Å². The fourth-order valence-electron chi connectivity index (χ4n) is 2.92. The minimum absolute atomic E-state index is 0.0255. The average Bonchev–Trinajstić information content (AvgIpc) is 2.96. The standard InChI is InChI=1S/C21H20FNO6/c1-27-10-4-9-23-19(24)15-8-7-14(13-16(15)20(23)25)21(26)29-12-11-28-18-6-3-2-5-17(18)22/h2-3,5-8,13H,4,9-12H2,1H3. The molecule has 0 bridgehead atoms. The molecule has 2 amide bonds. The van der Waals surface area contributed by atoms with Crippen LogP contribution in [-0.2, 0) is 9.47 Å². The Kier molecular flexibility index (Phi) is 6.56. The van der Waals surface area contributed by atoms with E-state index in [1.807, 2.05) is 0 Å². The molecule has 0 spiro atoms. The predicted molar refractivity (Wildman–Crippen MR) is 100 cm³/mol. The third kappa shape index (κ3) is 4.60. The largest absolute Gasteiger partial charge is 0.487 e. The minimum Gasteiger partial charge on any atom is -0.487 e. The first-order valence-electron chi connectivity index (χ1n) is 9.06. The van der Waals surface area contributed by atoms with Crippen molar-refractivity contribution < 1.29 is 33.0 Å². The molecule has 0 N–H and O–H groups in total. The number of carbonyl (C=O) groups is 3. The van der Waals surface area contributed by atoms with Crippen molar-refractivity contribution >= 4 is 17.8 Å². The Bertz CT molecular complexity index is 929. The third-order valence-corrected chi connectivity index (χ3v) is 4.35. The van der Waals surface area contributed by atoms with Crippen molar-refractivity contribution in [3.8, 4) is 5.75 Å². The molecule has 2 aromatic carbocycles. The highest BCUT2D eigenvalue weighted by Gasteiger charge is 2.35. The van der Waals surface area contributed by atoms with Crippen LogP contribution in [-0.4, -0.2) is 56.2 Å². The molecule has 0 saturated heterocycles. The quantitative estimate of drug-likeness (QED) is 0.365. The molecule has 7 nitrogen and oxygen atoms in total. The van der Waals surface area contributed by atoms with E-state index in [9.17, 15) is 18.8 Å². The van der Waals surface area contributed by atoms with Crippen LogP contribution in [0.1, 0.15) is 37.5 Å². The van der Waals surface area contributed by atoms with Crippen LogP contribution in [0.15, 0.2) is 42.5 Å². The lowest BCUT2D eigenvalue weighted by atomic mass is 10.1. The van der Waals surface area contributed by atoms with Crippen LogP contribution in [0, 0.1) is 5.82 Å². The van der Waals surface area contributed by atoms with Crippen LogP contribution in [0.3, 0.4) is 0 Å². The van der Waals surface area contributed by atoms with Crippen molar-refractivity contribution in [3.05, 3.63) is 65.0 Å². The number of carbonyl (C=O) groups excluding carboxylic acids is 3. The fourth-order valence-corrected chi connectivity index (χ4v) is 2.92. The van der Waals surface area contributed by atoms with Gasteiger partial charge in [0.25, 0.3) is 11.8 Å². The Hall–Kier alpha value is -3.26. The van der Waals surface area contributed by atoms with Crippen LogP contribution in [0.25, 0.3) is 0 Å². The van der Waals surface area contributed by atoms with Gasteiger partial charge in [0.2, 0.25) is 0 Å². The van der Waals surface area contributed by atoms with E-state index in [1.54, 1.807) is 19.2 Å². The minimum atomic E-state index is -0.664. The summed E-state index contributed by atoms with van der Waals surface area (Å²) in [4.78, 5) is 38.2. The van der Waals surface area contributed by atoms with Gasteiger partial charge in [-0.15, -0.1) is 0 Å².